The van der Waals surface area contributed by atoms with Gasteiger partial charge < -0.3 is 9.58 Å². The zero-order valence-electron chi connectivity index (χ0n) is 10.1. The largest absolute Gasteiger partial charge is 0.574 e. The molecule has 0 aliphatic rings. The summed E-state index contributed by atoms with van der Waals surface area (Å²) in [7, 11) is 0. The number of pyridine rings is 1. The normalized spacial score (nSPS) is 10.9. The van der Waals surface area contributed by atoms with Crippen LogP contribution in [0.2, 0.25) is 0 Å². The van der Waals surface area contributed by atoms with Crippen LogP contribution in [0, 0.1) is 13.5 Å². The Balaban J connectivity index is 2.31. The summed E-state index contributed by atoms with van der Waals surface area (Å²) in [5.74, 6) is -0.00957. The van der Waals surface area contributed by atoms with Crippen molar-refractivity contribution >= 4 is 5.82 Å². The van der Waals surface area contributed by atoms with Crippen molar-refractivity contribution < 1.29 is 17.9 Å². The fourth-order valence-electron chi connectivity index (χ4n) is 1.47. The predicted octanol–water partition coefficient (Wildman–Crippen LogP) is 3.30. The number of rotatable bonds is 2. The first-order chi connectivity index (χ1) is 9.37. The molecular weight excluding hydrogens is 273 g/mol. The maximum absolute atomic E-state index is 12.0. The number of aromatic nitrogens is 3. The van der Waals surface area contributed by atoms with Gasteiger partial charge in [-0.15, -0.1) is 18.2 Å². The Hall–Kier alpha value is -2.69. The van der Waals surface area contributed by atoms with Crippen LogP contribution in [0.25, 0.3) is 16.1 Å². The lowest BCUT2D eigenvalue weighted by Crippen LogP contribution is -2.17. The second kappa shape index (κ2) is 5.13. The topological polar surface area (TPSA) is 52.3 Å². The maximum Gasteiger partial charge on any atom is 0.574 e. The van der Waals surface area contributed by atoms with Crippen molar-refractivity contribution in [3.8, 4) is 17.1 Å². The van der Waals surface area contributed by atoms with E-state index in [-0.39, 0.29) is 5.82 Å². The van der Waals surface area contributed by atoms with E-state index in [1.54, 1.807) is 6.92 Å². The monoisotopic (exact) mass is 280 g/mol. The molecule has 8 heteroatoms. The van der Waals surface area contributed by atoms with Crippen LogP contribution >= 0.6 is 0 Å². The number of ether oxygens (including phenoxy) is 1. The van der Waals surface area contributed by atoms with Crippen LogP contribution in [0.3, 0.4) is 0 Å². The standard InChI is InChI=1S/C12H7F3N4O/c1-7-18-9(5-10(16-2)19-7)8-3-4-11(17-6-8)20-12(13,14)15/h3-6H,1H3. The number of hydrogen-bond acceptors (Lipinski definition) is 4. The lowest BCUT2D eigenvalue weighted by Gasteiger charge is -2.08. The molecule has 0 saturated heterocycles. The molecule has 0 fully saturated rings. The van der Waals surface area contributed by atoms with E-state index < -0.39 is 12.2 Å². The summed E-state index contributed by atoms with van der Waals surface area (Å²) in [5, 5.41) is 0. The summed E-state index contributed by atoms with van der Waals surface area (Å²) in [6.45, 7) is 8.52. The van der Waals surface area contributed by atoms with Gasteiger partial charge in [0.1, 0.15) is 0 Å². The van der Waals surface area contributed by atoms with E-state index in [2.05, 4.69) is 24.5 Å². The number of halogens is 3. The molecule has 0 saturated carbocycles. The van der Waals surface area contributed by atoms with Crippen LogP contribution in [0.5, 0.6) is 5.88 Å². The third-order valence-corrected chi connectivity index (χ3v) is 2.19. The molecule has 0 aliphatic heterocycles. The van der Waals surface area contributed by atoms with Gasteiger partial charge in [-0.1, -0.05) is 6.57 Å². The highest BCUT2D eigenvalue weighted by Gasteiger charge is 2.31. The van der Waals surface area contributed by atoms with Gasteiger partial charge in [-0.2, -0.15) is 0 Å². The minimum Gasteiger partial charge on any atom is -0.388 e. The van der Waals surface area contributed by atoms with Gasteiger partial charge in [0.25, 0.3) is 5.82 Å². The Morgan fingerprint density at radius 2 is 2.00 bits per heavy atom. The molecule has 0 unspecified atom stereocenters. The number of alkyl halides is 3. The Bertz CT molecular complexity index is 662. The molecule has 20 heavy (non-hydrogen) atoms. The highest BCUT2D eigenvalue weighted by Crippen LogP contribution is 2.24. The van der Waals surface area contributed by atoms with Crippen LogP contribution in [0.15, 0.2) is 24.4 Å². The molecule has 2 aromatic heterocycles. The van der Waals surface area contributed by atoms with Gasteiger partial charge in [-0.25, -0.2) is 9.97 Å². The molecular formula is C12H7F3N4O. The summed E-state index contributed by atoms with van der Waals surface area (Å²) in [6, 6.07) is 3.89. The van der Waals surface area contributed by atoms with E-state index in [1.807, 2.05) is 0 Å². The molecule has 2 aromatic rings. The SMILES string of the molecule is [C-]#[N+]c1cc(-c2ccc(OC(F)(F)F)nc2)nc(C)n1. The van der Waals surface area contributed by atoms with Crippen LogP contribution in [0.1, 0.15) is 5.82 Å². The molecule has 5 nitrogen and oxygen atoms in total. The Morgan fingerprint density at radius 3 is 2.55 bits per heavy atom. The lowest BCUT2D eigenvalue weighted by atomic mass is 10.2. The van der Waals surface area contributed by atoms with Crippen molar-refractivity contribution in [3.63, 3.8) is 0 Å². The van der Waals surface area contributed by atoms with Crippen molar-refractivity contribution in [3.05, 3.63) is 41.6 Å². The molecule has 0 spiro atoms. The molecule has 0 amide bonds. The van der Waals surface area contributed by atoms with Gasteiger partial charge in [0.15, 0.2) is 0 Å². The second-order valence-corrected chi connectivity index (χ2v) is 3.70. The van der Waals surface area contributed by atoms with Crippen LogP contribution in [-0.2, 0) is 0 Å². The van der Waals surface area contributed by atoms with Crippen molar-refractivity contribution in [2.45, 2.75) is 13.3 Å². The first-order valence-electron chi connectivity index (χ1n) is 5.33. The molecule has 2 heterocycles. The van der Waals surface area contributed by atoms with Crippen LogP contribution in [-0.4, -0.2) is 21.3 Å². The first kappa shape index (κ1) is 13.7. The fraction of sp³-hybridized carbons (Fsp3) is 0.167. The van der Waals surface area contributed by atoms with E-state index in [1.165, 1.54) is 18.3 Å². The number of hydrogen-bond donors (Lipinski definition) is 0. The summed E-state index contributed by atoms with van der Waals surface area (Å²) in [5.41, 5.74) is 0.879. The van der Waals surface area contributed by atoms with Gasteiger partial charge in [0, 0.05) is 24.8 Å². The van der Waals surface area contributed by atoms with Gasteiger partial charge in [-0.3, -0.25) is 0 Å². The van der Waals surface area contributed by atoms with E-state index in [0.717, 1.165) is 6.07 Å². The predicted molar refractivity (Wildman–Crippen MR) is 62.9 cm³/mol. The Kier molecular flexibility index (Phi) is 3.52. The quantitative estimate of drug-likeness (QED) is 0.792. The number of aryl methyl sites for hydroxylation is 1. The van der Waals surface area contributed by atoms with Crippen LogP contribution < -0.4 is 4.74 Å². The highest BCUT2D eigenvalue weighted by molar-refractivity contribution is 5.62. The zero-order chi connectivity index (χ0) is 14.8. The molecule has 0 atom stereocenters. The average Bonchev–Trinajstić information content (AvgIpc) is 2.37. The van der Waals surface area contributed by atoms with Gasteiger partial charge >= 0.3 is 6.36 Å². The lowest BCUT2D eigenvalue weighted by molar-refractivity contribution is -0.276. The maximum atomic E-state index is 12.0. The Labute approximate surface area is 111 Å². The molecule has 0 aliphatic carbocycles. The van der Waals surface area contributed by atoms with E-state index >= 15 is 0 Å². The third-order valence-electron chi connectivity index (χ3n) is 2.19. The van der Waals surface area contributed by atoms with Crippen molar-refractivity contribution in [2.75, 3.05) is 0 Å². The Morgan fingerprint density at radius 1 is 1.25 bits per heavy atom. The molecule has 0 N–H and O–H groups in total. The minimum absolute atomic E-state index is 0.156. The first-order valence-corrected chi connectivity index (χ1v) is 5.33. The highest BCUT2D eigenvalue weighted by atomic mass is 19.4. The average molecular weight is 280 g/mol. The number of nitrogens with zero attached hydrogens (tertiary/aromatic N) is 4. The van der Waals surface area contributed by atoms with Crippen molar-refractivity contribution in [2.24, 2.45) is 0 Å². The minimum atomic E-state index is -4.78. The fourth-order valence-corrected chi connectivity index (χ4v) is 1.47. The molecule has 102 valence electrons. The smallest absolute Gasteiger partial charge is 0.388 e. The third kappa shape index (κ3) is 3.41. The summed E-state index contributed by atoms with van der Waals surface area (Å²) >= 11 is 0. The van der Waals surface area contributed by atoms with Crippen LogP contribution in [0.4, 0.5) is 19.0 Å². The van der Waals surface area contributed by atoms with E-state index in [0.29, 0.717) is 17.1 Å². The molecule has 2 rings (SSSR count). The van der Waals surface area contributed by atoms with Gasteiger partial charge in [0.2, 0.25) is 11.7 Å². The summed E-state index contributed by atoms with van der Waals surface area (Å²) < 4.78 is 39.7. The second-order valence-electron chi connectivity index (χ2n) is 3.70. The molecule has 0 radical (unpaired) electrons. The summed E-state index contributed by atoms with van der Waals surface area (Å²) in [6.07, 6.45) is -3.59. The zero-order valence-corrected chi connectivity index (χ0v) is 10.1. The summed E-state index contributed by atoms with van der Waals surface area (Å²) in [4.78, 5) is 14.7. The molecule has 0 bridgehead atoms. The van der Waals surface area contributed by atoms with E-state index in [4.69, 9.17) is 6.57 Å². The van der Waals surface area contributed by atoms with Crippen molar-refractivity contribution in [1.29, 1.82) is 0 Å². The van der Waals surface area contributed by atoms with E-state index in [9.17, 15) is 13.2 Å². The molecule has 0 aromatic carbocycles. The van der Waals surface area contributed by atoms with Gasteiger partial charge in [0.05, 0.1) is 5.69 Å². The van der Waals surface area contributed by atoms with Crippen molar-refractivity contribution in [1.82, 2.24) is 15.0 Å². The van der Waals surface area contributed by atoms with Gasteiger partial charge in [-0.05, 0) is 12.1 Å².